The van der Waals surface area contributed by atoms with Crippen LogP contribution in [0.1, 0.15) is 46.2 Å². The maximum Gasteiger partial charge on any atom is 0.410 e. The van der Waals surface area contributed by atoms with Crippen LogP contribution in [-0.4, -0.2) is 29.5 Å². The summed E-state index contributed by atoms with van der Waals surface area (Å²) < 4.78 is 5.23. The molecule has 1 rings (SSSR count). The van der Waals surface area contributed by atoms with Crippen LogP contribution in [0.15, 0.2) is 30.3 Å². The van der Waals surface area contributed by atoms with Crippen molar-refractivity contribution in [2.45, 2.75) is 46.3 Å². The maximum absolute atomic E-state index is 12.0. The molecule has 0 aliphatic rings. The van der Waals surface area contributed by atoms with Gasteiger partial charge in [-0.1, -0.05) is 44.2 Å². The summed E-state index contributed by atoms with van der Waals surface area (Å²) in [6.45, 7) is 9.29. The maximum atomic E-state index is 12.0. The van der Waals surface area contributed by atoms with Crippen molar-refractivity contribution < 1.29 is 14.3 Å². The Kier molecular flexibility index (Phi) is 7.49. The predicted octanol–water partition coefficient (Wildman–Crippen LogP) is 3.11. The molecule has 2 N–H and O–H groups in total. The molecule has 2 amide bonds. The highest BCUT2D eigenvalue weighted by Gasteiger charge is 2.29. The van der Waals surface area contributed by atoms with Crippen molar-refractivity contribution in [1.82, 2.24) is 4.90 Å². The number of ether oxygens (including phenoxy) is 1. The number of benzene rings is 1. The van der Waals surface area contributed by atoms with Gasteiger partial charge >= 0.3 is 6.09 Å². The van der Waals surface area contributed by atoms with Crippen LogP contribution in [0.4, 0.5) is 4.79 Å². The van der Waals surface area contributed by atoms with Crippen molar-refractivity contribution in [2.24, 2.45) is 5.73 Å². The van der Waals surface area contributed by atoms with Crippen molar-refractivity contribution in [3.8, 4) is 0 Å². The Morgan fingerprint density at radius 2 is 1.62 bits per heavy atom. The number of rotatable bonds is 3. The van der Waals surface area contributed by atoms with Gasteiger partial charge in [-0.3, -0.25) is 9.69 Å². The normalized spacial score (nSPS) is 11.7. The summed E-state index contributed by atoms with van der Waals surface area (Å²) in [5, 5.41) is 0. The summed E-state index contributed by atoms with van der Waals surface area (Å²) in [4.78, 5) is 24.8. The number of amides is 2. The minimum atomic E-state index is -0.837. The van der Waals surface area contributed by atoms with E-state index >= 15 is 0 Å². The number of primary amides is 1. The van der Waals surface area contributed by atoms with Crippen LogP contribution in [0.25, 0.3) is 0 Å². The SMILES string of the molecule is CC.CN(C(=O)OC(C)(C)C)C(C(N)=O)c1ccccc1. The molecule has 0 heterocycles. The van der Waals surface area contributed by atoms with Gasteiger partial charge in [-0.2, -0.15) is 0 Å². The fraction of sp³-hybridized carbons (Fsp3) is 0.500. The van der Waals surface area contributed by atoms with Gasteiger partial charge in [-0.05, 0) is 26.3 Å². The molecule has 1 aromatic carbocycles. The van der Waals surface area contributed by atoms with Gasteiger partial charge in [0, 0.05) is 7.05 Å². The third-order valence-electron chi connectivity index (χ3n) is 2.45. The highest BCUT2D eigenvalue weighted by molar-refractivity contribution is 5.85. The first-order chi connectivity index (χ1) is 9.72. The van der Waals surface area contributed by atoms with Crippen LogP contribution in [0.2, 0.25) is 0 Å². The Morgan fingerprint density at radius 3 is 2.00 bits per heavy atom. The van der Waals surface area contributed by atoms with Crippen LogP contribution in [0.5, 0.6) is 0 Å². The van der Waals surface area contributed by atoms with Crippen LogP contribution in [0, 0.1) is 0 Å². The minimum Gasteiger partial charge on any atom is -0.444 e. The molecule has 0 aromatic heterocycles. The van der Waals surface area contributed by atoms with E-state index in [-0.39, 0.29) is 0 Å². The molecule has 21 heavy (non-hydrogen) atoms. The first kappa shape index (κ1) is 19.0. The lowest BCUT2D eigenvalue weighted by Crippen LogP contribution is -2.41. The van der Waals surface area contributed by atoms with Gasteiger partial charge in [0.2, 0.25) is 5.91 Å². The van der Waals surface area contributed by atoms with E-state index in [1.807, 2.05) is 19.9 Å². The second-order valence-electron chi connectivity index (χ2n) is 5.31. The van der Waals surface area contributed by atoms with E-state index in [4.69, 9.17) is 10.5 Å². The monoisotopic (exact) mass is 294 g/mol. The van der Waals surface area contributed by atoms with E-state index in [1.54, 1.807) is 45.0 Å². The van der Waals surface area contributed by atoms with Gasteiger partial charge < -0.3 is 10.5 Å². The number of carbonyl (C=O) groups is 2. The summed E-state index contributed by atoms with van der Waals surface area (Å²) in [6, 6.07) is 8.06. The van der Waals surface area contributed by atoms with Gasteiger partial charge in [-0.25, -0.2) is 4.79 Å². The molecule has 0 saturated heterocycles. The molecule has 1 atom stereocenters. The van der Waals surface area contributed by atoms with Crippen LogP contribution >= 0.6 is 0 Å². The van der Waals surface area contributed by atoms with E-state index < -0.39 is 23.6 Å². The van der Waals surface area contributed by atoms with Gasteiger partial charge in [0.05, 0.1) is 0 Å². The van der Waals surface area contributed by atoms with Gasteiger partial charge in [0.15, 0.2) is 0 Å². The summed E-state index contributed by atoms with van der Waals surface area (Å²) in [6.07, 6.45) is -0.583. The summed E-state index contributed by atoms with van der Waals surface area (Å²) >= 11 is 0. The third kappa shape index (κ3) is 6.29. The number of nitrogens with zero attached hydrogens (tertiary/aromatic N) is 1. The van der Waals surface area contributed by atoms with Gasteiger partial charge in [-0.15, -0.1) is 0 Å². The molecule has 0 spiro atoms. The zero-order valence-electron chi connectivity index (χ0n) is 13.7. The summed E-state index contributed by atoms with van der Waals surface area (Å²) in [5.41, 5.74) is 5.42. The number of hydrogen-bond acceptors (Lipinski definition) is 3. The van der Waals surface area contributed by atoms with E-state index in [2.05, 4.69) is 0 Å². The van der Waals surface area contributed by atoms with Crippen molar-refractivity contribution in [1.29, 1.82) is 0 Å². The molecule has 0 fully saturated rings. The van der Waals surface area contributed by atoms with Crippen molar-refractivity contribution in [3.05, 3.63) is 35.9 Å². The van der Waals surface area contributed by atoms with Crippen molar-refractivity contribution in [3.63, 3.8) is 0 Å². The first-order valence-electron chi connectivity index (χ1n) is 7.02. The van der Waals surface area contributed by atoms with E-state index in [1.165, 1.54) is 11.9 Å². The van der Waals surface area contributed by atoms with Crippen molar-refractivity contribution in [2.75, 3.05) is 7.05 Å². The Bertz CT molecular complexity index is 452. The Hall–Kier alpha value is -2.04. The van der Waals surface area contributed by atoms with E-state index in [0.717, 1.165) is 0 Å². The third-order valence-corrected chi connectivity index (χ3v) is 2.45. The smallest absolute Gasteiger partial charge is 0.410 e. The fourth-order valence-corrected chi connectivity index (χ4v) is 1.65. The van der Waals surface area contributed by atoms with E-state index in [9.17, 15) is 9.59 Å². The van der Waals surface area contributed by atoms with Crippen molar-refractivity contribution >= 4 is 12.0 Å². The molecule has 5 heteroatoms. The van der Waals surface area contributed by atoms with Crippen LogP contribution < -0.4 is 5.73 Å². The zero-order valence-corrected chi connectivity index (χ0v) is 13.7. The predicted molar refractivity (Wildman–Crippen MR) is 83.7 cm³/mol. The summed E-state index contributed by atoms with van der Waals surface area (Å²) in [5.74, 6) is -0.598. The molecule has 1 aromatic rings. The molecule has 0 aliphatic carbocycles. The second-order valence-corrected chi connectivity index (χ2v) is 5.31. The zero-order chi connectivity index (χ0) is 16.6. The first-order valence-corrected chi connectivity index (χ1v) is 7.02. The topological polar surface area (TPSA) is 72.6 Å². The van der Waals surface area contributed by atoms with Crippen LogP contribution in [0.3, 0.4) is 0 Å². The fourth-order valence-electron chi connectivity index (χ4n) is 1.65. The van der Waals surface area contributed by atoms with Crippen LogP contribution in [-0.2, 0) is 9.53 Å². The molecule has 5 nitrogen and oxygen atoms in total. The molecule has 1 unspecified atom stereocenters. The molecule has 118 valence electrons. The quantitative estimate of drug-likeness (QED) is 0.931. The lowest BCUT2D eigenvalue weighted by Gasteiger charge is -2.29. The largest absolute Gasteiger partial charge is 0.444 e. The van der Waals surface area contributed by atoms with Gasteiger partial charge in [0.1, 0.15) is 11.6 Å². The molecule has 0 aliphatic heterocycles. The van der Waals surface area contributed by atoms with Gasteiger partial charge in [0.25, 0.3) is 0 Å². The highest BCUT2D eigenvalue weighted by Crippen LogP contribution is 2.21. The average molecular weight is 294 g/mol. The van der Waals surface area contributed by atoms with E-state index in [0.29, 0.717) is 5.56 Å². The second kappa shape index (κ2) is 8.29. The standard InChI is InChI=1S/C14H20N2O3.C2H6/c1-14(2,3)19-13(18)16(4)11(12(15)17)10-8-6-5-7-9-10;1-2/h5-9,11H,1-4H3,(H2,15,17);1-2H3. The number of likely N-dealkylation sites (N-methyl/N-ethyl adjacent to an activating group) is 1. The molecule has 0 saturated carbocycles. The average Bonchev–Trinajstić information content (AvgIpc) is 2.40. The minimum absolute atomic E-state index is 0.583. The molecule has 0 bridgehead atoms. The Balaban J connectivity index is 0.00000191. The lowest BCUT2D eigenvalue weighted by molar-refractivity contribution is -0.123. The molecular weight excluding hydrogens is 268 g/mol. The molecular formula is C16H26N2O3. The Labute approximate surface area is 127 Å². The molecule has 0 radical (unpaired) electrons. The highest BCUT2D eigenvalue weighted by atomic mass is 16.6. The summed E-state index contributed by atoms with van der Waals surface area (Å²) in [7, 11) is 1.50. The number of carbonyl (C=O) groups excluding carboxylic acids is 2. The number of nitrogens with two attached hydrogens (primary N) is 1. The number of hydrogen-bond donors (Lipinski definition) is 1. The lowest BCUT2D eigenvalue weighted by atomic mass is 10.1. The Morgan fingerprint density at radius 1 is 1.14 bits per heavy atom.